The SMILES string of the molecule is C[C@]12C=CC(=O)C=C1CC[C@@H]1[C@@H]2C(=O)C[C@@]2(C)[C@H]1CC[C@]2(O)C(=O)CO.[NaH]. The first-order chi connectivity index (χ1) is 12.2. The topological polar surface area (TPSA) is 91.7 Å². The zero-order valence-electron chi connectivity index (χ0n) is 15.3. The van der Waals surface area contributed by atoms with E-state index in [2.05, 4.69) is 0 Å². The van der Waals surface area contributed by atoms with Crippen LogP contribution in [0.4, 0.5) is 0 Å². The molecule has 3 saturated carbocycles. The number of Topliss-reactive ketones (excluding diaryl/α,β-unsaturated/α-hetero) is 2. The normalized spacial score (nSPS) is 45.3. The van der Waals surface area contributed by atoms with Crippen LogP contribution < -0.4 is 0 Å². The summed E-state index contributed by atoms with van der Waals surface area (Å²) in [4.78, 5) is 37.4. The van der Waals surface area contributed by atoms with Gasteiger partial charge in [-0.2, -0.15) is 0 Å². The van der Waals surface area contributed by atoms with Crippen LogP contribution in [-0.2, 0) is 14.4 Å². The van der Waals surface area contributed by atoms with Crippen molar-refractivity contribution in [2.75, 3.05) is 6.61 Å². The molecule has 0 amide bonds. The van der Waals surface area contributed by atoms with Crippen LogP contribution in [0.1, 0.15) is 46.0 Å². The average Bonchev–Trinajstić information content (AvgIpc) is 2.86. The van der Waals surface area contributed by atoms with Gasteiger partial charge in [-0.1, -0.05) is 25.5 Å². The summed E-state index contributed by atoms with van der Waals surface area (Å²) in [6, 6.07) is 0. The van der Waals surface area contributed by atoms with E-state index >= 15 is 0 Å². The summed E-state index contributed by atoms with van der Waals surface area (Å²) in [5.41, 5.74) is -1.86. The molecule has 4 aliphatic carbocycles. The van der Waals surface area contributed by atoms with Crippen LogP contribution >= 0.6 is 0 Å². The predicted octanol–water partition coefficient (Wildman–Crippen LogP) is 1.12. The van der Waals surface area contributed by atoms with E-state index in [4.69, 9.17) is 0 Å². The van der Waals surface area contributed by atoms with Crippen molar-refractivity contribution in [3.8, 4) is 0 Å². The van der Waals surface area contributed by atoms with E-state index in [0.29, 0.717) is 12.8 Å². The molecular formula is C21H27NaO5. The van der Waals surface area contributed by atoms with E-state index in [1.807, 2.05) is 19.9 Å². The Kier molecular flexibility index (Phi) is 5.27. The van der Waals surface area contributed by atoms with Crippen molar-refractivity contribution in [2.45, 2.75) is 51.6 Å². The molecule has 0 bridgehead atoms. The van der Waals surface area contributed by atoms with Crippen LogP contribution in [-0.4, -0.2) is 69.3 Å². The summed E-state index contributed by atoms with van der Waals surface area (Å²) >= 11 is 0. The zero-order chi connectivity index (χ0) is 18.9. The van der Waals surface area contributed by atoms with E-state index in [1.54, 1.807) is 12.2 Å². The standard InChI is InChI=1S/C21H26O5.Na.H/c1-19-7-5-13(23)9-12(19)3-4-14-15-6-8-21(26,17(25)11-22)20(15,2)10-16(24)18(14)19;;/h5,7,9,14-15,18,22,26H,3-4,6,8,10-11H2,1-2H3;;/t14-,15-,18+,19-,20-,21-;;/m0../s1. The van der Waals surface area contributed by atoms with Crippen LogP contribution in [0.15, 0.2) is 23.8 Å². The summed E-state index contributed by atoms with van der Waals surface area (Å²) < 4.78 is 0. The van der Waals surface area contributed by atoms with Gasteiger partial charge in [-0.15, -0.1) is 0 Å². The van der Waals surface area contributed by atoms with Crippen LogP contribution in [0.3, 0.4) is 0 Å². The molecule has 0 aromatic heterocycles. The van der Waals surface area contributed by atoms with E-state index in [9.17, 15) is 24.6 Å². The number of hydrogen-bond donors (Lipinski definition) is 2. The van der Waals surface area contributed by atoms with E-state index in [1.165, 1.54) is 0 Å². The number of aliphatic hydroxyl groups excluding tert-OH is 1. The molecule has 0 aromatic carbocycles. The van der Waals surface area contributed by atoms with Crippen molar-refractivity contribution >= 4 is 46.9 Å². The molecule has 0 aromatic rings. The van der Waals surface area contributed by atoms with Gasteiger partial charge in [0, 0.05) is 23.2 Å². The number of carbonyl (C=O) groups excluding carboxylic acids is 3. The molecular weight excluding hydrogens is 355 g/mol. The second kappa shape index (κ2) is 6.74. The summed E-state index contributed by atoms with van der Waals surface area (Å²) in [7, 11) is 0. The van der Waals surface area contributed by atoms with Gasteiger partial charge in [-0.05, 0) is 49.7 Å². The van der Waals surface area contributed by atoms with E-state index < -0.39 is 28.8 Å². The molecule has 4 rings (SSSR count). The number of hydrogen-bond acceptors (Lipinski definition) is 5. The van der Waals surface area contributed by atoms with Crippen molar-refractivity contribution in [1.29, 1.82) is 0 Å². The maximum absolute atomic E-state index is 13.3. The van der Waals surface area contributed by atoms with Crippen molar-refractivity contribution in [3.63, 3.8) is 0 Å². The molecule has 142 valence electrons. The van der Waals surface area contributed by atoms with Crippen LogP contribution in [0.5, 0.6) is 0 Å². The van der Waals surface area contributed by atoms with Gasteiger partial charge in [0.15, 0.2) is 11.6 Å². The van der Waals surface area contributed by atoms with Gasteiger partial charge < -0.3 is 10.2 Å². The molecule has 6 heteroatoms. The molecule has 0 aliphatic heterocycles. The van der Waals surface area contributed by atoms with Crippen LogP contribution in [0, 0.1) is 28.6 Å². The van der Waals surface area contributed by atoms with Crippen molar-refractivity contribution < 1.29 is 24.6 Å². The first-order valence-corrected chi connectivity index (χ1v) is 9.51. The monoisotopic (exact) mass is 382 g/mol. The third-order valence-corrected chi connectivity index (χ3v) is 8.01. The molecule has 5 nitrogen and oxygen atoms in total. The van der Waals surface area contributed by atoms with Crippen LogP contribution in [0.25, 0.3) is 0 Å². The Morgan fingerprint density at radius 3 is 2.63 bits per heavy atom. The Bertz CT molecular complexity index is 771. The van der Waals surface area contributed by atoms with E-state index in [0.717, 1.165) is 18.4 Å². The maximum atomic E-state index is 13.3. The quantitative estimate of drug-likeness (QED) is 0.699. The van der Waals surface area contributed by atoms with Crippen molar-refractivity contribution in [3.05, 3.63) is 23.8 Å². The third kappa shape index (κ3) is 2.66. The number of rotatable bonds is 2. The minimum absolute atomic E-state index is 0. The second-order valence-electron chi connectivity index (χ2n) is 9.02. The molecule has 0 heterocycles. The fraction of sp³-hybridized carbons (Fsp3) is 0.667. The molecule has 2 N–H and O–H groups in total. The molecule has 6 atom stereocenters. The summed E-state index contributed by atoms with van der Waals surface area (Å²) in [5, 5.41) is 20.5. The molecule has 27 heavy (non-hydrogen) atoms. The van der Waals surface area contributed by atoms with Crippen molar-refractivity contribution in [2.24, 2.45) is 28.6 Å². The Labute approximate surface area is 181 Å². The number of fused-ring (bicyclic) bond motifs is 5. The van der Waals surface area contributed by atoms with Gasteiger partial charge in [0.1, 0.15) is 18.0 Å². The first kappa shape index (κ1) is 21.1. The van der Waals surface area contributed by atoms with E-state index in [-0.39, 0.29) is 65.3 Å². The van der Waals surface area contributed by atoms with Gasteiger partial charge in [-0.25, -0.2) is 0 Å². The summed E-state index contributed by atoms with van der Waals surface area (Å²) in [6.07, 6.45) is 7.82. The molecule has 3 fully saturated rings. The van der Waals surface area contributed by atoms with Crippen molar-refractivity contribution in [1.82, 2.24) is 0 Å². The predicted molar refractivity (Wildman–Crippen MR) is 101 cm³/mol. The molecule has 0 radical (unpaired) electrons. The number of ketones is 3. The number of allylic oxidation sites excluding steroid dienone is 4. The fourth-order valence-corrected chi connectivity index (χ4v) is 6.62. The van der Waals surface area contributed by atoms with Crippen LogP contribution in [0.2, 0.25) is 0 Å². The second-order valence-corrected chi connectivity index (χ2v) is 9.02. The Morgan fingerprint density at radius 1 is 1.26 bits per heavy atom. The first-order valence-electron chi connectivity index (χ1n) is 9.51. The molecule has 0 unspecified atom stereocenters. The Hall–Kier alpha value is -0.590. The zero-order valence-corrected chi connectivity index (χ0v) is 15.3. The third-order valence-electron chi connectivity index (χ3n) is 8.01. The summed E-state index contributed by atoms with van der Waals surface area (Å²) in [5.74, 6) is -0.590. The van der Waals surface area contributed by atoms with Gasteiger partial charge in [-0.3, -0.25) is 14.4 Å². The fourth-order valence-electron chi connectivity index (χ4n) is 6.62. The minimum atomic E-state index is -1.62. The van der Waals surface area contributed by atoms with Gasteiger partial charge in [0.05, 0.1) is 0 Å². The molecule has 4 aliphatic rings. The molecule has 0 spiro atoms. The Morgan fingerprint density at radius 2 is 1.96 bits per heavy atom. The Balaban J connectivity index is 0.00000210. The van der Waals surface area contributed by atoms with Gasteiger partial charge in [0.2, 0.25) is 0 Å². The van der Waals surface area contributed by atoms with Gasteiger partial charge in [0.25, 0.3) is 0 Å². The number of aliphatic hydroxyl groups is 2. The molecule has 0 saturated heterocycles. The summed E-state index contributed by atoms with van der Waals surface area (Å²) in [6.45, 7) is 3.19. The number of carbonyl (C=O) groups is 3. The van der Waals surface area contributed by atoms with Gasteiger partial charge >= 0.3 is 29.6 Å². The average molecular weight is 382 g/mol.